The SMILES string of the molecule is Cc1ccc(SCCSC(C)CCN)cc1. The van der Waals surface area contributed by atoms with E-state index < -0.39 is 0 Å². The minimum atomic E-state index is 0.698. The molecule has 1 nitrogen and oxygen atoms in total. The van der Waals surface area contributed by atoms with Crippen molar-refractivity contribution in [2.45, 2.75) is 30.4 Å². The van der Waals surface area contributed by atoms with Crippen LogP contribution in [0.2, 0.25) is 0 Å². The van der Waals surface area contributed by atoms with Gasteiger partial charge >= 0.3 is 0 Å². The highest BCUT2D eigenvalue weighted by atomic mass is 32.2. The van der Waals surface area contributed by atoms with Crippen molar-refractivity contribution in [2.75, 3.05) is 18.1 Å². The summed E-state index contributed by atoms with van der Waals surface area (Å²) in [6.07, 6.45) is 1.12. The maximum Gasteiger partial charge on any atom is 0.00724 e. The Hall–Kier alpha value is -0.120. The molecule has 0 aromatic heterocycles. The molecule has 0 aliphatic carbocycles. The van der Waals surface area contributed by atoms with Gasteiger partial charge in [-0.1, -0.05) is 24.6 Å². The number of aryl methyl sites for hydroxylation is 1. The van der Waals surface area contributed by atoms with E-state index >= 15 is 0 Å². The van der Waals surface area contributed by atoms with Crippen molar-refractivity contribution in [2.24, 2.45) is 5.73 Å². The fourth-order valence-corrected chi connectivity index (χ4v) is 3.35. The molecule has 0 aliphatic heterocycles. The van der Waals surface area contributed by atoms with E-state index in [1.165, 1.54) is 22.0 Å². The van der Waals surface area contributed by atoms with E-state index in [0.717, 1.165) is 13.0 Å². The van der Waals surface area contributed by atoms with E-state index in [1.54, 1.807) is 0 Å². The third-order valence-electron chi connectivity index (χ3n) is 2.35. The van der Waals surface area contributed by atoms with Gasteiger partial charge < -0.3 is 5.73 Å². The van der Waals surface area contributed by atoms with Crippen molar-refractivity contribution in [3.63, 3.8) is 0 Å². The number of thioether (sulfide) groups is 2. The van der Waals surface area contributed by atoms with Gasteiger partial charge in [0.1, 0.15) is 0 Å². The molecule has 1 aromatic rings. The summed E-state index contributed by atoms with van der Waals surface area (Å²) in [5.41, 5.74) is 6.85. The summed E-state index contributed by atoms with van der Waals surface area (Å²) in [4.78, 5) is 1.37. The van der Waals surface area contributed by atoms with Crippen LogP contribution >= 0.6 is 23.5 Å². The molecule has 1 unspecified atom stereocenters. The molecule has 2 N–H and O–H groups in total. The smallest absolute Gasteiger partial charge is 0.00724 e. The molecule has 0 heterocycles. The highest BCUT2D eigenvalue weighted by Crippen LogP contribution is 2.21. The summed E-state index contributed by atoms with van der Waals surface area (Å²) in [7, 11) is 0. The van der Waals surface area contributed by atoms with E-state index in [1.807, 2.05) is 23.5 Å². The van der Waals surface area contributed by atoms with Gasteiger partial charge in [0.2, 0.25) is 0 Å². The van der Waals surface area contributed by atoms with Crippen LogP contribution < -0.4 is 5.73 Å². The lowest BCUT2D eigenvalue weighted by Gasteiger charge is -2.09. The fraction of sp³-hybridized carbons (Fsp3) is 0.538. The molecule has 16 heavy (non-hydrogen) atoms. The van der Waals surface area contributed by atoms with Crippen molar-refractivity contribution in [3.8, 4) is 0 Å². The van der Waals surface area contributed by atoms with Gasteiger partial charge in [-0.25, -0.2) is 0 Å². The zero-order valence-corrected chi connectivity index (χ0v) is 11.7. The molecule has 0 amide bonds. The van der Waals surface area contributed by atoms with Crippen LogP contribution in [-0.4, -0.2) is 23.3 Å². The zero-order valence-electron chi connectivity index (χ0n) is 10.1. The molecular formula is C13H21NS2. The second-order valence-corrected chi connectivity index (χ2v) is 6.63. The maximum atomic E-state index is 5.52. The molecule has 1 atom stereocenters. The maximum absolute atomic E-state index is 5.52. The molecule has 0 saturated carbocycles. The molecule has 0 saturated heterocycles. The Labute approximate surface area is 108 Å². The monoisotopic (exact) mass is 255 g/mol. The molecular weight excluding hydrogens is 234 g/mol. The molecule has 90 valence electrons. The van der Waals surface area contributed by atoms with Crippen LogP contribution in [0.15, 0.2) is 29.2 Å². The molecule has 1 rings (SSSR count). The van der Waals surface area contributed by atoms with E-state index in [-0.39, 0.29) is 0 Å². The first-order valence-corrected chi connectivity index (χ1v) is 7.77. The predicted octanol–water partition coefficient (Wildman–Crippen LogP) is 3.56. The fourth-order valence-electron chi connectivity index (χ4n) is 1.36. The summed E-state index contributed by atoms with van der Waals surface area (Å²) >= 11 is 3.96. The normalized spacial score (nSPS) is 12.7. The minimum Gasteiger partial charge on any atom is -0.330 e. The van der Waals surface area contributed by atoms with Crippen LogP contribution in [0.25, 0.3) is 0 Å². The Kier molecular flexibility index (Phi) is 7.01. The van der Waals surface area contributed by atoms with Crippen molar-refractivity contribution in [1.29, 1.82) is 0 Å². The topological polar surface area (TPSA) is 26.0 Å². The van der Waals surface area contributed by atoms with E-state index in [4.69, 9.17) is 5.73 Å². The second kappa shape index (κ2) is 8.04. The van der Waals surface area contributed by atoms with E-state index in [9.17, 15) is 0 Å². The summed E-state index contributed by atoms with van der Waals surface area (Å²) in [6.45, 7) is 5.19. The third kappa shape index (κ3) is 5.83. The van der Waals surface area contributed by atoms with Crippen molar-refractivity contribution in [1.82, 2.24) is 0 Å². The number of hydrogen-bond acceptors (Lipinski definition) is 3. The second-order valence-electron chi connectivity index (χ2n) is 3.92. The summed E-state index contributed by atoms with van der Waals surface area (Å²) in [6, 6.07) is 8.75. The number of benzene rings is 1. The standard InChI is InChI=1S/C13H21NS2/c1-11-3-5-13(6-4-11)16-10-9-15-12(2)7-8-14/h3-6,12H,7-10,14H2,1-2H3. The highest BCUT2D eigenvalue weighted by molar-refractivity contribution is 8.03. The van der Waals surface area contributed by atoms with Gasteiger partial charge in [0.15, 0.2) is 0 Å². The average molecular weight is 255 g/mol. The number of hydrogen-bond donors (Lipinski definition) is 1. The highest BCUT2D eigenvalue weighted by Gasteiger charge is 2.01. The third-order valence-corrected chi connectivity index (χ3v) is 4.87. The Morgan fingerprint density at radius 3 is 2.50 bits per heavy atom. The molecule has 0 aliphatic rings. The molecule has 0 fully saturated rings. The van der Waals surface area contributed by atoms with Crippen LogP contribution in [0.5, 0.6) is 0 Å². The van der Waals surface area contributed by atoms with Crippen LogP contribution in [0, 0.1) is 6.92 Å². The minimum absolute atomic E-state index is 0.698. The Morgan fingerprint density at radius 2 is 1.88 bits per heavy atom. The summed E-state index contributed by atoms with van der Waals surface area (Å²) in [5, 5.41) is 0.698. The lowest BCUT2D eigenvalue weighted by molar-refractivity contribution is 0.823. The van der Waals surface area contributed by atoms with Crippen molar-refractivity contribution < 1.29 is 0 Å². The average Bonchev–Trinajstić information content (AvgIpc) is 2.27. The van der Waals surface area contributed by atoms with Crippen molar-refractivity contribution in [3.05, 3.63) is 29.8 Å². The lowest BCUT2D eigenvalue weighted by Crippen LogP contribution is -2.07. The molecule has 0 spiro atoms. The van der Waals surface area contributed by atoms with Crippen LogP contribution in [0.4, 0.5) is 0 Å². The van der Waals surface area contributed by atoms with Crippen LogP contribution in [0.1, 0.15) is 18.9 Å². The molecule has 1 aromatic carbocycles. The largest absolute Gasteiger partial charge is 0.330 e. The van der Waals surface area contributed by atoms with Gasteiger partial charge in [-0.3, -0.25) is 0 Å². The quantitative estimate of drug-likeness (QED) is 0.596. The van der Waals surface area contributed by atoms with Crippen LogP contribution in [-0.2, 0) is 0 Å². The van der Waals surface area contributed by atoms with E-state index in [2.05, 4.69) is 38.1 Å². The van der Waals surface area contributed by atoms with Gasteiger partial charge in [-0.15, -0.1) is 11.8 Å². The van der Waals surface area contributed by atoms with Gasteiger partial charge in [0, 0.05) is 21.7 Å². The number of nitrogens with two attached hydrogens (primary N) is 1. The van der Waals surface area contributed by atoms with Gasteiger partial charge in [-0.2, -0.15) is 11.8 Å². The summed E-state index contributed by atoms with van der Waals surface area (Å²) in [5.74, 6) is 2.39. The molecule has 0 radical (unpaired) electrons. The zero-order chi connectivity index (χ0) is 11.8. The Balaban J connectivity index is 2.13. The van der Waals surface area contributed by atoms with Gasteiger partial charge in [-0.05, 0) is 32.0 Å². The first-order valence-electron chi connectivity index (χ1n) is 5.73. The first kappa shape index (κ1) is 13.9. The van der Waals surface area contributed by atoms with Gasteiger partial charge in [0.05, 0.1) is 0 Å². The molecule has 0 bridgehead atoms. The van der Waals surface area contributed by atoms with E-state index in [0.29, 0.717) is 5.25 Å². The number of rotatable bonds is 7. The predicted molar refractivity (Wildman–Crippen MR) is 77.5 cm³/mol. The first-order chi connectivity index (χ1) is 7.72. The lowest BCUT2D eigenvalue weighted by atomic mass is 10.2. The Morgan fingerprint density at radius 1 is 1.19 bits per heavy atom. The summed E-state index contributed by atoms with van der Waals surface area (Å²) < 4.78 is 0. The van der Waals surface area contributed by atoms with Crippen LogP contribution in [0.3, 0.4) is 0 Å². The van der Waals surface area contributed by atoms with Crippen molar-refractivity contribution >= 4 is 23.5 Å². The Bertz CT molecular complexity index is 284. The van der Waals surface area contributed by atoms with Gasteiger partial charge in [0.25, 0.3) is 0 Å². The molecule has 3 heteroatoms.